The van der Waals surface area contributed by atoms with Gasteiger partial charge in [-0.1, -0.05) is 29.5 Å². The Morgan fingerprint density at radius 2 is 1.94 bits per heavy atom. The SMILES string of the molecule is O=C(Nc1ccc2nc(N3CCOCC3)sc2c1)c1ccc(COc2ccccc2)o1. The maximum atomic E-state index is 12.6. The summed E-state index contributed by atoms with van der Waals surface area (Å²) in [4.78, 5) is 19.5. The summed E-state index contributed by atoms with van der Waals surface area (Å²) in [5.74, 6) is 1.27. The standard InChI is InChI=1S/C23H21N3O4S/c27-22(20-9-7-18(30-20)15-29-17-4-2-1-3-5-17)24-16-6-8-19-21(14-16)31-23(25-19)26-10-12-28-13-11-26/h1-9,14H,10-13,15H2,(H,24,27). The summed E-state index contributed by atoms with van der Waals surface area (Å²) >= 11 is 1.62. The number of nitrogens with zero attached hydrogens (tertiary/aromatic N) is 2. The van der Waals surface area contributed by atoms with E-state index >= 15 is 0 Å². The zero-order valence-corrected chi connectivity index (χ0v) is 17.6. The van der Waals surface area contributed by atoms with Crippen LogP contribution >= 0.6 is 11.3 Å². The van der Waals surface area contributed by atoms with E-state index in [9.17, 15) is 4.79 Å². The van der Waals surface area contributed by atoms with E-state index < -0.39 is 0 Å². The van der Waals surface area contributed by atoms with Gasteiger partial charge < -0.3 is 24.1 Å². The molecule has 5 rings (SSSR count). The minimum Gasteiger partial charge on any atom is -0.486 e. The number of furan rings is 1. The molecule has 0 unspecified atom stereocenters. The van der Waals surface area contributed by atoms with Gasteiger partial charge in [-0.3, -0.25) is 4.79 Å². The van der Waals surface area contributed by atoms with Crippen molar-refractivity contribution in [3.8, 4) is 5.75 Å². The molecule has 1 N–H and O–H groups in total. The average molecular weight is 436 g/mol. The zero-order chi connectivity index (χ0) is 21.0. The molecule has 1 saturated heterocycles. The largest absolute Gasteiger partial charge is 0.486 e. The van der Waals surface area contributed by atoms with Crippen molar-refractivity contribution >= 4 is 38.3 Å². The predicted octanol–water partition coefficient (Wildman–Crippen LogP) is 4.56. The van der Waals surface area contributed by atoms with Crippen molar-refractivity contribution in [1.29, 1.82) is 0 Å². The first-order chi connectivity index (χ1) is 15.2. The number of nitrogens with one attached hydrogen (secondary N) is 1. The molecule has 1 amide bonds. The molecule has 0 radical (unpaired) electrons. The number of amides is 1. The van der Waals surface area contributed by atoms with E-state index in [0.717, 1.165) is 47.4 Å². The van der Waals surface area contributed by atoms with Crippen LogP contribution in [-0.4, -0.2) is 37.2 Å². The fraction of sp³-hybridized carbons (Fsp3) is 0.217. The number of fused-ring (bicyclic) bond motifs is 1. The summed E-state index contributed by atoms with van der Waals surface area (Å²) in [5, 5.41) is 3.88. The van der Waals surface area contributed by atoms with E-state index in [1.807, 2.05) is 48.5 Å². The summed E-state index contributed by atoms with van der Waals surface area (Å²) in [6.45, 7) is 3.39. The van der Waals surface area contributed by atoms with Crippen LogP contribution < -0.4 is 15.0 Å². The number of morpholine rings is 1. The maximum Gasteiger partial charge on any atom is 0.291 e. The molecule has 1 fully saturated rings. The molecule has 4 aromatic rings. The second kappa shape index (κ2) is 8.79. The number of hydrogen-bond acceptors (Lipinski definition) is 7. The van der Waals surface area contributed by atoms with Gasteiger partial charge in [-0.25, -0.2) is 4.98 Å². The number of hydrogen-bond donors (Lipinski definition) is 1. The van der Waals surface area contributed by atoms with Gasteiger partial charge in [-0.15, -0.1) is 0 Å². The molecule has 158 valence electrons. The molecule has 0 bridgehead atoms. The van der Waals surface area contributed by atoms with Crippen LogP contribution in [0.3, 0.4) is 0 Å². The highest BCUT2D eigenvalue weighted by molar-refractivity contribution is 7.22. The molecule has 2 aromatic heterocycles. The molecular formula is C23H21N3O4S. The highest BCUT2D eigenvalue weighted by atomic mass is 32.1. The van der Waals surface area contributed by atoms with Crippen molar-refractivity contribution in [3.05, 3.63) is 72.2 Å². The number of carbonyl (C=O) groups excluding carboxylic acids is 1. The summed E-state index contributed by atoms with van der Waals surface area (Å²) in [5.41, 5.74) is 1.62. The fourth-order valence-corrected chi connectivity index (χ4v) is 4.38. The lowest BCUT2D eigenvalue weighted by Gasteiger charge is -2.25. The second-order valence-electron chi connectivity index (χ2n) is 7.10. The quantitative estimate of drug-likeness (QED) is 0.479. The third-order valence-corrected chi connectivity index (χ3v) is 6.01. The Bertz CT molecular complexity index is 1180. The summed E-state index contributed by atoms with van der Waals surface area (Å²) in [7, 11) is 0. The van der Waals surface area contributed by atoms with Crippen LogP contribution in [0, 0.1) is 0 Å². The average Bonchev–Trinajstić information content (AvgIpc) is 3.46. The number of thiazole rings is 1. The minimum atomic E-state index is -0.303. The van der Waals surface area contributed by atoms with Gasteiger partial charge in [0.05, 0.1) is 23.4 Å². The van der Waals surface area contributed by atoms with Gasteiger partial charge in [-0.2, -0.15) is 0 Å². The molecule has 1 aliphatic rings. The van der Waals surface area contributed by atoms with Crippen LogP contribution in [0.1, 0.15) is 16.3 Å². The van der Waals surface area contributed by atoms with Crippen molar-refractivity contribution in [2.24, 2.45) is 0 Å². The highest BCUT2D eigenvalue weighted by Gasteiger charge is 2.16. The molecular weight excluding hydrogens is 414 g/mol. The lowest BCUT2D eigenvalue weighted by molar-refractivity contribution is 0.0992. The third kappa shape index (κ3) is 4.55. The smallest absolute Gasteiger partial charge is 0.291 e. The molecule has 3 heterocycles. The maximum absolute atomic E-state index is 12.6. The second-order valence-corrected chi connectivity index (χ2v) is 8.11. The van der Waals surface area contributed by atoms with Gasteiger partial charge in [0.1, 0.15) is 18.1 Å². The van der Waals surface area contributed by atoms with E-state index in [0.29, 0.717) is 11.4 Å². The Hall–Kier alpha value is -3.36. The molecule has 8 heteroatoms. The normalized spacial score (nSPS) is 14.0. The van der Waals surface area contributed by atoms with Gasteiger partial charge >= 0.3 is 0 Å². The molecule has 0 aliphatic carbocycles. The molecule has 0 atom stereocenters. The molecule has 2 aromatic carbocycles. The summed E-state index contributed by atoms with van der Waals surface area (Å²) in [6, 6.07) is 18.6. The molecule has 0 saturated carbocycles. The number of anilines is 2. The topological polar surface area (TPSA) is 76.8 Å². The minimum absolute atomic E-state index is 0.241. The lowest BCUT2D eigenvalue weighted by atomic mass is 10.3. The van der Waals surface area contributed by atoms with Gasteiger partial charge in [0.25, 0.3) is 5.91 Å². The van der Waals surface area contributed by atoms with Gasteiger partial charge in [0, 0.05) is 18.8 Å². The van der Waals surface area contributed by atoms with Crippen LogP contribution in [0.25, 0.3) is 10.2 Å². The van der Waals surface area contributed by atoms with Crippen LogP contribution in [0.15, 0.2) is 65.1 Å². The summed E-state index contributed by atoms with van der Waals surface area (Å²) in [6.07, 6.45) is 0. The number of ether oxygens (including phenoxy) is 2. The Balaban J connectivity index is 1.24. The molecule has 1 aliphatic heterocycles. The van der Waals surface area contributed by atoms with Crippen molar-refractivity contribution < 1.29 is 18.7 Å². The highest BCUT2D eigenvalue weighted by Crippen LogP contribution is 2.31. The molecule has 7 nitrogen and oxygen atoms in total. The van der Waals surface area contributed by atoms with E-state index in [-0.39, 0.29) is 18.3 Å². The number of rotatable bonds is 6. The fourth-order valence-electron chi connectivity index (χ4n) is 3.32. The van der Waals surface area contributed by atoms with Crippen LogP contribution in [-0.2, 0) is 11.3 Å². The van der Waals surface area contributed by atoms with Crippen LogP contribution in [0.2, 0.25) is 0 Å². The van der Waals surface area contributed by atoms with Crippen molar-refractivity contribution in [1.82, 2.24) is 4.98 Å². The van der Waals surface area contributed by atoms with Crippen molar-refractivity contribution in [2.45, 2.75) is 6.61 Å². The number of para-hydroxylation sites is 1. The third-order valence-electron chi connectivity index (χ3n) is 4.93. The number of benzene rings is 2. The van der Waals surface area contributed by atoms with E-state index in [1.54, 1.807) is 23.5 Å². The first-order valence-electron chi connectivity index (χ1n) is 10.1. The van der Waals surface area contributed by atoms with Crippen LogP contribution in [0.4, 0.5) is 10.8 Å². The van der Waals surface area contributed by atoms with E-state index in [4.69, 9.17) is 18.9 Å². The molecule has 31 heavy (non-hydrogen) atoms. The number of aromatic nitrogens is 1. The first-order valence-corrected chi connectivity index (χ1v) is 10.9. The van der Waals surface area contributed by atoms with Gasteiger partial charge in [-0.05, 0) is 42.5 Å². The Morgan fingerprint density at radius 3 is 2.77 bits per heavy atom. The lowest BCUT2D eigenvalue weighted by Crippen LogP contribution is -2.36. The van der Waals surface area contributed by atoms with E-state index in [2.05, 4.69) is 10.2 Å². The van der Waals surface area contributed by atoms with Crippen LogP contribution in [0.5, 0.6) is 5.75 Å². The Kier molecular flexibility index (Phi) is 5.56. The first kappa shape index (κ1) is 19.6. The zero-order valence-electron chi connectivity index (χ0n) is 16.7. The van der Waals surface area contributed by atoms with E-state index in [1.165, 1.54) is 0 Å². The Labute approximate surface area is 183 Å². The number of carbonyl (C=O) groups is 1. The van der Waals surface area contributed by atoms with Crippen molar-refractivity contribution in [2.75, 3.05) is 36.5 Å². The summed E-state index contributed by atoms with van der Waals surface area (Å²) < 4.78 is 17.7. The Morgan fingerprint density at radius 1 is 1.10 bits per heavy atom. The monoisotopic (exact) mass is 435 g/mol. The predicted molar refractivity (Wildman–Crippen MR) is 120 cm³/mol. The van der Waals surface area contributed by atoms with Gasteiger partial charge in [0.2, 0.25) is 0 Å². The van der Waals surface area contributed by atoms with Crippen molar-refractivity contribution in [3.63, 3.8) is 0 Å². The van der Waals surface area contributed by atoms with Gasteiger partial charge in [0.15, 0.2) is 10.9 Å². The molecule has 0 spiro atoms.